The zero-order chi connectivity index (χ0) is 14.8. The van der Waals surface area contributed by atoms with Crippen LogP contribution in [0.25, 0.3) is 0 Å². The van der Waals surface area contributed by atoms with Crippen LogP contribution in [0, 0.1) is 0 Å². The van der Waals surface area contributed by atoms with Crippen LogP contribution in [0.2, 0.25) is 10.2 Å². The molecule has 1 aromatic heterocycles. The molecule has 0 spiro atoms. The highest BCUT2D eigenvalue weighted by Gasteiger charge is 2.24. The molecule has 1 aromatic carbocycles. The Morgan fingerprint density at radius 2 is 1.71 bits per heavy atom. The Morgan fingerprint density at radius 3 is 2.33 bits per heavy atom. The molecule has 0 saturated carbocycles. The molecule has 3 rings (SSSR count). The van der Waals surface area contributed by atoms with Crippen LogP contribution >= 0.6 is 23.2 Å². The van der Waals surface area contributed by atoms with Crippen molar-refractivity contribution in [1.29, 1.82) is 0 Å². The van der Waals surface area contributed by atoms with Crippen LogP contribution in [-0.4, -0.2) is 37.0 Å². The third-order valence-corrected chi connectivity index (χ3v) is 4.07. The molecule has 0 radical (unpaired) electrons. The lowest BCUT2D eigenvalue weighted by atomic mass is 10.2. The lowest BCUT2D eigenvalue weighted by Gasteiger charge is -2.36. The van der Waals surface area contributed by atoms with Crippen molar-refractivity contribution >= 4 is 34.8 Å². The Balaban J connectivity index is 1.65. The summed E-state index contributed by atoms with van der Waals surface area (Å²) in [5.74, 6) is 0.159. The van der Waals surface area contributed by atoms with E-state index in [0.29, 0.717) is 13.1 Å². The number of hydrogen-bond acceptors (Lipinski definition) is 3. The van der Waals surface area contributed by atoms with Crippen LogP contribution in [-0.2, 0) is 0 Å². The maximum Gasteiger partial charge on any atom is 0.289 e. The summed E-state index contributed by atoms with van der Waals surface area (Å²) in [5.41, 5.74) is 1.01. The Bertz CT molecular complexity index is 649. The van der Waals surface area contributed by atoms with E-state index in [-0.39, 0.29) is 16.9 Å². The normalized spacial score (nSPS) is 15.3. The van der Waals surface area contributed by atoms with E-state index < -0.39 is 0 Å². The fourth-order valence-electron chi connectivity index (χ4n) is 2.44. The number of furan rings is 1. The van der Waals surface area contributed by atoms with Crippen LogP contribution in [0.15, 0.2) is 40.8 Å². The average molecular weight is 325 g/mol. The third kappa shape index (κ3) is 3.01. The van der Waals surface area contributed by atoms with Gasteiger partial charge in [-0.15, -0.1) is 0 Å². The zero-order valence-electron chi connectivity index (χ0n) is 11.3. The average Bonchev–Trinajstić information content (AvgIpc) is 2.94. The summed E-state index contributed by atoms with van der Waals surface area (Å²) in [5, 5.41) is 0.961. The highest BCUT2D eigenvalue weighted by Crippen LogP contribution is 2.26. The molecule has 1 aliphatic heterocycles. The van der Waals surface area contributed by atoms with Crippen molar-refractivity contribution < 1.29 is 9.21 Å². The summed E-state index contributed by atoms with van der Waals surface area (Å²) in [6.07, 6.45) is 0. The first kappa shape index (κ1) is 14.3. The lowest BCUT2D eigenvalue weighted by molar-refractivity contribution is 0.0715. The van der Waals surface area contributed by atoms with Gasteiger partial charge in [0, 0.05) is 26.2 Å². The fourth-order valence-corrected chi connectivity index (χ4v) is 2.85. The van der Waals surface area contributed by atoms with E-state index in [0.717, 1.165) is 23.8 Å². The van der Waals surface area contributed by atoms with Gasteiger partial charge in [-0.3, -0.25) is 4.79 Å². The molecule has 21 heavy (non-hydrogen) atoms. The van der Waals surface area contributed by atoms with Gasteiger partial charge in [0.2, 0.25) is 0 Å². The second kappa shape index (κ2) is 6.00. The Labute approximate surface area is 132 Å². The Hall–Kier alpha value is -1.65. The number of hydrogen-bond donors (Lipinski definition) is 0. The van der Waals surface area contributed by atoms with Gasteiger partial charge in [-0.25, -0.2) is 0 Å². The molecule has 0 unspecified atom stereocenters. The smallest absolute Gasteiger partial charge is 0.289 e. The van der Waals surface area contributed by atoms with Gasteiger partial charge in [0.05, 0.1) is 10.7 Å². The first-order valence-electron chi connectivity index (χ1n) is 6.69. The molecule has 4 nitrogen and oxygen atoms in total. The predicted molar refractivity (Wildman–Crippen MR) is 83.3 cm³/mol. The molecule has 1 fully saturated rings. The summed E-state index contributed by atoms with van der Waals surface area (Å²) in [7, 11) is 0. The molecule has 1 amide bonds. The fraction of sp³-hybridized carbons (Fsp3) is 0.267. The number of piperazine rings is 1. The number of carbonyl (C=O) groups is 1. The number of benzene rings is 1. The maximum absolute atomic E-state index is 12.3. The molecule has 0 atom stereocenters. The summed E-state index contributed by atoms with van der Waals surface area (Å²) in [4.78, 5) is 16.2. The number of anilines is 1. The van der Waals surface area contributed by atoms with Crippen molar-refractivity contribution in [3.05, 3.63) is 52.4 Å². The molecule has 0 bridgehead atoms. The standard InChI is InChI=1S/C15H14Cl2N2O2/c16-11-3-1-2-4-12(11)18-7-9-19(10-8-18)15(20)13-5-6-14(17)21-13/h1-6H,7-10H2. The van der Waals surface area contributed by atoms with E-state index in [1.807, 2.05) is 24.3 Å². The van der Waals surface area contributed by atoms with Gasteiger partial charge in [-0.2, -0.15) is 0 Å². The molecule has 1 saturated heterocycles. The van der Waals surface area contributed by atoms with E-state index >= 15 is 0 Å². The molecule has 2 heterocycles. The van der Waals surface area contributed by atoms with Gasteiger partial charge in [-0.05, 0) is 35.9 Å². The summed E-state index contributed by atoms with van der Waals surface area (Å²) < 4.78 is 5.17. The van der Waals surface area contributed by atoms with Gasteiger partial charge in [-0.1, -0.05) is 23.7 Å². The van der Waals surface area contributed by atoms with E-state index in [1.54, 1.807) is 17.0 Å². The van der Waals surface area contributed by atoms with E-state index in [4.69, 9.17) is 27.6 Å². The van der Waals surface area contributed by atoms with Gasteiger partial charge >= 0.3 is 0 Å². The van der Waals surface area contributed by atoms with Crippen LogP contribution in [0.5, 0.6) is 0 Å². The minimum atomic E-state index is -0.124. The predicted octanol–water partition coefficient (Wildman–Crippen LogP) is 3.55. The van der Waals surface area contributed by atoms with Crippen LogP contribution in [0.4, 0.5) is 5.69 Å². The monoisotopic (exact) mass is 324 g/mol. The molecule has 6 heteroatoms. The van der Waals surface area contributed by atoms with Crippen molar-refractivity contribution in [2.75, 3.05) is 31.1 Å². The van der Waals surface area contributed by atoms with E-state index in [1.165, 1.54) is 0 Å². The van der Waals surface area contributed by atoms with Gasteiger partial charge in [0.1, 0.15) is 0 Å². The second-order valence-corrected chi connectivity index (χ2v) is 5.61. The molecule has 0 N–H and O–H groups in total. The highest BCUT2D eigenvalue weighted by atomic mass is 35.5. The number of rotatable bonds is 2. The van der Waals surface area contributed by atoms with Crippen LogP contribution in [0.1, 0.15) is 10.6 Å². The molecular weight excluding hydrogens is 311 g/mol. The van der Waals surface area contributed by atoms with E-state index in [2.05, 4.69) is 4.90 Å². The van der Waals surface area contributed by atoms with Gasteiger partial charge < -0.3 is 14.2 Å². The molecular formula is C15H14Cl2N2O2. The number of amides is 1. The lowest BCUT2D eigenvalue weighted by Crippen LogP contribution is -2.48. The van der Waals surface area contributed by atoms with Crippen molar-refractivity contribution in [2.45, 2.75) is 0 Å². The molecule has 0 aliphatic carbocycles. The molecule has 110 valence electrons. The van der Waals surface area contributed by atoms with Gasteiger partial charge in [0.25, 0.3) is 5.91 Å². The number of carbonyl (C=O) groups excluding carboxylic acids is 1. The topological polar surface area (TPSA) is 36.7 Å². The summed E-state index contributed by atoms with van der Waals surface area (Å²) in [6, 6.07) is 10.9. The number of halogens is 2. The largest absolute Gasteiger partial charge is 0.440 e. The third-order valence-electron chi connectivity index (χ3n) is 3.54. The minimum absolute atomic E-state index is 0.124. The van der Waals surface area contributed by atoms with Crippen LogP contribution in [0.3, 0.4) is 0 Å². The van der Waals surface area contributed by atoms with Crippen molar-refractivity contribution in [3.8, 4) is 0 Å². The summed E-state index contributed by atoms with van der Waals surface area (Å²) in [6.45, 7) is 2.73. The zero-order valence-corrected chi connectivity index (χ0v) is 12.8. The van der Waals surface area contributed by atoms with E-state index in [9.17, 15) is 4.79 Å². The minimum Gasteiger partial charge on any atom is -0.440 e. The Kier molecular flexibility index (Phi) is 4.08. The molecule has 2 aromatic rings. The second-order valence-electron chi connectivity index (χ2n) is 4.83. The van der Waals surface area contributed by atoms with Crippen LogP contribution < -0.4 is 4.90 Å². The number of para-hydroxylation sites is 1. The van der Waals surface area contributed by atoms with Crippen molar-refractivity contribution in [1.82, 2.24) is 4.90 Å². The summed E-state index contributed by atoms with van der Waals surface area (Å²) >= 11 is 11.9. The number of nitrogens with zero attached hydrogens (tertiary/aromatic N) is 2. The Morgan fingerprint density at radius 1 is 1.00 bits per heavy atom. The first-order chi connectivity index (χ1) is 10.1. The maximum atomic E-state index is 12.3. The molecule has 1 aliphatic rings. The van der Waals surface area contributed by atoms with Crippen molar-refractivity contribution in [2.24, 2.45) is 0 Å². The van der Waals surface area contributed by atoms with Gasteiger partial charge in [0.15, 0.2) is 11.0 Å². The van der Waals surface area contributed by atoms with Crippen molar-refractivity contribution in [3.63, 3.8) is 0 Å². The SMILES string of the molecule is O=C(c1ccc(Cl)o1)N1CCN(c2ccccc2Cl)CC1. The quantitative estimate of drug-likeness (QED) is 0.847. The first-order valence-corrected chi connectivity index (χ1v) is 7.45. The highest BCUT2D eigenvalue weighted by molar-refractivity contribution is 6.33.